The van der Waals surface area contributed by atoms with Gasteiger partial charge in [-0.2, -0.15) is 4.72 Å². The summed E-state index contributed by atoms with van der Waals surface area (Å²) < 4.78 is 27.1. The van der Waals surface area contributed by atoms with E-state index in [0.29, 0.717) is 12.8 Å². The highest BCUT2D eigenvalue weighted by atomic mass is 32.2. The molecule has 1 aliphatic rings. The Morgan fingerprint density at radius 2 is 2.11 bits per heavy atom. The number of nitrogens with two attached hydrogens (primary N) is 1. The van der Waals surface area contributed by atoms with Crippen LogP contribution in [0.15, 0.2) is 29.4 Å². The fourth-order valence-electron chi connectivity index (χ4n) is 2.20. The summed E-state index contributed by atoms with van der Waals surface area (Å²) in [4.78, 5) is 4.16. The van der Waals surface area contributed by atoms with Crippen molar-refractivity contribution in [2.45, 2.75) is 36.1 Å². The molecule has 0 radical (unpaired) electrons. The van der Waals surface area contributed by atoms with Crippen LogP contribution in [0.4, 0.5) is 0 Å². The highest BCUT2D eigenvalue weighted by Crippen LogP contribution is 2.31. The van der Waals surface area contributed by atoms with Gasteiger partial charge in [0.25, 0.3) is 0 Å². The van der Waals surface area contributed by atoms with E-state index in [1.54, 1.807) is 6.07 Å². The molecule has 1 aromatic rings. The van der Waals surface area contributed by atoms with Gasteiger partial charge in [0, 0.05) is 12.4 Å². The molecule has 18 heavy (non-hydrogen) atoms. The van der Waals surface area contributed by atoms with Crippen molar-refractivity contribution in [2.75, 3.05) is 0 Å². The van der Waals surface area contributed by atoms with E-state index in [-0.39, 0.29) is 9.88 Å². The molecule has 0 atom stereocenters. The average molecular weight is 285 g/mol. The van der Waals surface area contributed by atoms with E-state index in [0.717, 1.165) is 12.8 Å². The average Bonchev–Trinajstić information content (AvgIpc) is 2.79. The number of pyridine rings is 1. The zero-order chi connectivity index (χ0) is 13.2. The van der Waals surface area contributed by atoms with Crippen LogP contribution in [0.3, 0.4) is 0 Å². The standard InChI is InChI=1S/C11H15N3O2S2/c12-10(17)11(5-1-2-6-11)14-18(15,16)9-4-3-7-13-8-9/h3-4,7-8,14H,1-2,5-6H2,(H2,12,17). The van der Waals surface area contributed by atoms with Crippen LogP contribution in [-0.4, -0.2) is 23.9 Å². The molecule has 0 amide bonds. The fraction of sp³-hybridized carbons (Fsp3) is 0.455. The molecular formula is C11H15N3O2S2. The lowest BCUT2D eigenvalue weighted by molar-refractivity contribution is 0.502. The second kappa shape index (κ2) is 4.91. The molecule has 0 aliphatic heterocycles. The van der Waals surface area contributed by atoms with Gasteiger partial charge >= 0.3 is 0 Å². The summed E-state index contributed by atoms with van der Waals surface area (Å²) in [7, 11) is -3.63. The molecule has 0 aromatic carbocycles. The maximum absolute atomic E-state index is 12.2. The minimum atomic E-state index is -3.63. The predicted octanol–water partition coefficient (Wildman–Crippen LogP) is 0.959. The number of nitrogens with one attached hydrogen (secondary N) is 1. The van der Waals surface area contributed by atoms with Gasteiger partial charge in [-0.25, -0.2) is 8.42 Å². The molecule has 7 heteroatoms. The maximum atomic E-state index is 12.2. The van der Waals surface area contributed by atoms with E-state index in [1.807, 2.05) is 0 Å². The van der Waals surface area contributed by atoms with E-state index in [4.69, 9.17) is 18.0 Å². The second-order valence-corrected chi connectivity index (χ2v) is 6.57. The van der Waals surface area contributed by atoms with Crippen LogP contribution in [0, 0.1) is 0 Å². The third-order valence-electron chi connectivity index (χ3n) is 3.20. The molecule has 0 bridgehead atoms. The zero-order valence-corrected chi connectivity index (χ0v) is 11.4. The first-order chi connectivity index (χ1) is 8.46. The minimum Gasteiger partial charge on any atom is -0.392 e. The second-order valence-electron chi connectivity index (χ2n) is 4.45. The molecule has 2 rings (SSSR count). The minimum absolute atomic E-state index is 0.132. The summed E-state index contributed by atoms with van der Waals surface area (Å²) in [5.74, 6) is 0. The van der Waals surface area contributed by atoms with Crippen LogP contribution in [0.5, 0.6) is 0 Å². The summed E-state index contributed by atoms with van der Waals surface area (Å²) >= 11 is 5.02. The van der Waals surface area contributed by atoms with E-state index in [9.17, 15) is 8.42 Å². The van der Waals surface area contributed by atoms with Gasteiger partial charge in [0.05, 0.1) is 10.5 Å². The van der Waals surface area contributed by atoms with Gasteiger partial charge in [-0.15, -0.1) is 0 Å². The molecule has 0 saturated heterocycles. The zero-order valence-electron chi connectivity index (χ0n) is 9.80. The van der Waals surface area contributed by atoms with E-state index < -0.39 is 15.6 Å². The smallest absolute Gasteiger partial charge is 0.242 e. The van der Waals surface area contributed by atoms with E-state index in [2.05, 4.69) is 9.71 Å². The Morgan fingerprint density at radius 1 is 1.44 bits per heavy atom. The van der Waals surface area contributed by atoms with E-state index >= 15 is 0 Å². The summed E-state index contributed by atoms with van der Waals surface area (Å²) in [6.07, 6.45) is 5.99. The summed E-state index contributed by atoms with van der Waals surface area (Å²) in [5.41, 5.74) is 4.93. The summed E-state index contributed by atoms with van der Waals surface area (Å²) in [6.45, 7) is 0. The van der Waals surface area contributed by atoms with Crippen molar-refractivity contribution in [3.63, 3.8) is 0 Å². The lowest BCUT2D eigenvalue weighted by atomic mass is 10.00. The van der Waals surface area contributed by atoms with Gasteiger partial charge < -0.3 is 5.73 Å². The van der Waals surface area contributed by atoms with Gasteiger partial charge in [-0.05, 0) is 25.0 Å². The molecule has 1 fully saturated rings. The number of hydrogen-bond acceptors (Lipinski definition) is 4. The van der Waals surface area contributed by atoms with Crippen molar-refractivity contribution in [2.24, 2.45) is 5.73 Å². The third-order valence-corrected chi connectivity index (χ3v) is 5.12. The Kier molecular flexibility index (Phi) is 3.65. The Bertz CT molecular complexity index is 537. The quantitative estimate of drug-likeness (QED) is 0.805. The first kappa shape index (κ1) is 13.4. The molecule has 1 saturated carbocycles. The number of sulfonamides is 1. The van der Waals surface area contributed by atoms with Gasteiger partial charge in [-0.3, -0.25) is 4.98 Å². The Balaban J connectivity index is 2.30. The molecule has 98 valence electrons. The van der Waals surface area contributed by atoms with Crippen LogP contribution in [0.1, 0.15) is 25.7 Å². The molecule has 0 unspecified atom stereocenters. The summed E-state index contributed by atoms with van der Waals surface area (Å²) in [6, 6.07) is 3.08. The number of hydrogen-bond donors (Lipinski definition) is 2. The van der Waals surface area contributed by atoms with Gasteiger partial charge in [0.2, 0.25) is 10.0 Å². The van der Waals surface area contributed by atoms with Crippen molar-refractivity contribution in [3.05, 3.63) is 24.5 Å². The molecule has 5 nitrogen and oxygen atoms in total. The van der Waals surface area contributed by atoms with Gasteiger partial charge in [0.1, 0.15) is 4.90 Å². The molecule has 1 aliphatic carbocycles. The van der Waals surface area contributed by atoms with Crippen LogP contribution in [0.25, 0.3) is 0 Å². The van der Waals surface area contributed by atoms with Gasteiger partial charge in [-0.1, -0.05) is 25.1 Å². The lowest BCUT2D eigenvalue weighted by Gasteiger charge is -2.28. The third kappa shape index (κ3) is 2.52. The molecular weight excluding hydrogens is 270 g/mol. The fourth-order valence-corrected chi connectivity index (χ4v) is 3.92. The molecule has 0 spiro atoms. The van der Waals surface area contributed by atoms with Crippen molar-refractivity contribution < 1.29 is 8.42 Å². The largest absolute Gasteiger partial charge is 0.392 e. The van der Waals surface area contributed by atoms with Crippen LogP contribution in [-0.2, 0) is 10.0 Å². The number of rotatable bonds is 4. The first-order valence-electron chi connectivity index (χ1n) is 5.70. The van der Waals surface area contributed by atoms with Crippen LogP contribution in [0.2, 0.25) is 0 Å². The van der Waals surface area contributed by atoms with Crippen LogP contribution < -0.4 is 10.5 Å². The monoisotopic (exact) mass is 285 g/mol. The lowest BCUT2D eigenvalue weighted by Crippen LogP contribution is -2.54. The van der Waals surface area contributed by atoms with Crippen LogP contribution >= 0.6 is 12.2 Å². The normalized spacial score (nSPS) is 18.7. The number of thiocarbonyl (C=S) groups is 1. The highest BCUT2D eigenvalue weighted by molar-refractivity contribution is 7.89. The molecule has 3 N–H and O–H groups in total. The highest BCUT2D eigenvalue weighted by Gasteiger charge is 2.40. The van der Waals surface area contributed by atoms with E-state index in [1.165, 1.54) is 18.5 Å². The summed E-state index contributed by atoms with van der Waals surface area (Å²) in [5, 5.41) is 0. The number of aromatic nitrogens is 1. The molecule has 1 aromatic heterocycles. The number of nitrogens with zero attached hydrogens (tertiary/aromatic N) is 1. The van der Waals surface area contributed by atoms with Crippen molar-refractivity contribution in [1.29, 1.82) is 0 Å². The van der Waals surface area contributed by atoms with Crippen molar-refractivity contribution in [1.82, 2.24) is 9.71 Å². The van der Waals surface area contributed by atoms with Crippen molar-refractivity contribution >= 4 is 27.2 Å². The molecule has 1 heterocycles. The SMILES string of the molecule is NC(=S)C1(NS(=O)(=O)c2cccnc2)CCCC1. The Labute approximate surface area is 112 Å². The Hall–Kier alpha value is -1.05. The Morgan fingerprint density at radius 3 is 2.61 bits per heavy atom. The first-order valence-corrected chi connectivity index (χ1v) is 7.59. The van der Waals surface area contributed by atoms with Crippen molar-refractivity contribution in [3.8, 4) is 0 Å². The maximum Gasteiger partial charge on any atom is 0.242 e. The van der Waals surface area contributed by atoms with Gasteiger partial charge in [0.15, 0.2) is 0 Å². The predicted molar refractivity (Wildman–Crippen MR) is 72.5 cm³/mol. The topological polar surface area (TPSA) is 85.1 Å².